The van der Waals surface area contributed by atoms with Gasteiger partial charge in [-0.15, -0.1) is 0 Å². The lowest BCUT2D eigenvalue weighted by Crippen LogP contribution is -2.38. The molecule has 0 radical (unpaired) electrons. The number of nitrogens with one attached hydrogen (secondary N) is 1. The number of aromatic nitrogens is 2. The van der Waals surface area contributed by atoms with Crippen molar-refractivity contribution in [1.29, 1.82) is 0 Å². The third-order valence-corrected chi connectivity index (χ3v) is 3.82. The maximum atomic E-state index is 12.1. The zero-order valence-corrected chi connectivity index (χ0v) is 12.2. The molecule has 1 amide bonds. The largest absolute Gasteiger partial charge is 0.349 e. The minimum Gasteiger partial charge on any atom is -0.349 e. The van der Waals surface area contributed by atoms with E-state index >= 15 is 0 Å². The summed E-state index contributed by atoms with van der Waals surface area (Å²) < 4.78 is 0. The van der Waals surface area contributed by atoms with Gasteiger partial charge in [0.15, 0.2) is 0 Å². The van der Waals surface area contributed by atoms with Crippen LogP contribution in [0.3, 0.4) is 0 Å². The van der Waals surface area contributed by atoms with Crippen molar-refractivity contribution < 1.29 is 4.79 Å². The highest BCUT2D eigenvalue weighted by molar-refractivity contribution is 9.09. The van der Waals surface area contributed by atoms with Crippen molar-refractivity contribution in [2.24, 2.45) is 5.92 Å². The normalized spacial score (nSPS) is 14.2. The van der Waals surface area contributed by atoms with E-state index in [1.54, 1.807) is 13.0 Å². The molecule has 1 N–H and O–H groups in total. The maximum Gasteiger partial charge on any atom is 0.253 e. The summed E-state index contributed by atoms with van der Waals surface area (Å²) in [6, 6.07) is 1.89. The zero-order chi connectivity index (χ0) is 13.0. The van der Waals surface area contributed by atoms with Gasteiger partial charge >= 0.3 is 0 Å². The lowest BCUT2D eigenvalue weighted by molar-refractivity contribution is 0.0929. The SMILES string of the molecule is Cc1cc(C(=O)NC(C)C(C)CBr)c(C)nn1. The van der Waals surface area contributed by atoms with Crippen LogP contribution < -0.4 is 5.32 Å². The van der Waals surface area contributed by atoms with Crippen LogP contribution in [0, 0.1) is 19.8 Å². The van der Waals surface area contributed by atoms with Gasteiger partial charge in [-0.1, -0.05) is 22.9 Å². The Morgan fingerprint density at radius 3 is 2.65 bits per heavy atom. The van der Waals surface area contributed by atoms with E-state index in [2.05, 4.69) is 38.4 Å². The molecule has 0 aliphatic heterocycles. The number of carbonyl (C=O) groups excluding carboxylic acids is 1. The van der Waals surface area contributed by atoms with E-state index in [-0.39, 0.29) is 11.9 Å². The second-order valence-electron chi connectivity index (χ2n) is 4.38. The second kappa shape index (κ2) is 6.10. The highest BCUT2D eigenvalue weighted by atomic mass is 79.9. The van der Waals surface area contributed by atoms with Crippen LogP contribution in [0.5, 0.6) is 0 Å². The Labute approximate surface area is 110 Å². The first-order valence-electron chi connectivity index (χ1n) is 5.63. The van der Waals surface area contributed by atoms with E-state index in [0.717, 1.165) is 11.0 Å². The summed E-state index contributed by atoms with van der Waals surface area (Å²) in [7, 11) is 0. The topological polar surface area (TPSA) is 54.9 Å². The number of rotatable bonds is 4. The van der Waals surface area contributed by atoms with Gasteiger partial charge < -0.3 is 5.32 Å². The van der Waals surface area contributed by atoms with Crippen LogP contribution in [-0.2, 0) is 0 Å². The predicted octanol–water partition coefficient (Wildman–Crippen LogP) is 2.24. The smallest absolute Gasteiger partial charge is 0.253 e. The van der Waals surface area contributed by atoms with Crippen molar-refractivity contribution in [3.8, 4) is 0 Å². The summed E-state index contributed by atoms with van der Waals surface area (Å²) in [4.78, 5) is 12.1. The van der Waals surface area contributed by atoms with Crippen LogP contribution in [0.4, 0.5) is 0 Å². The average Bonchev–Trinajstić information content (AvgIpc) is 2.30. The summed E-state index contributed by atoms with van der Waals surface area (Å²) in [6.45, 7) is 7.71. The fourth-order valence-electron chi connectivity index (χ4n) is 1.34. The molecule has 4 nitrogen and oxygen atoms in total. The standard InChI is InChI=1S/C12H18BrN3O/c1-7(6-13)9(3)14-12(17)11-5-8(2)15-16-10(11)4/h5,7,9H,6H2,1-4H3,(H,14,17). The summed E-state index contributed by atoms with van der Waals surface area (Å²) >= 11 is 3.41. The minimum atomic E-state index is -0.0826. The third kappa shape index (κ3) is 3.77. The molecule has 2 atom stereocenters. The van der Waals surface area contributed by atoms with Crippen LogP contribution in [0.15, 0.2) is 6.07 Å². The fraction of sp³-hybridized carbons (Fsp3) is 0.583. The molecule has 1 rings (SSSR count). The highest BCUT2D eigenvalue weighted by Crippen LogP contribution is 2.09. The van der Waals surface area contributed by atoms with E-state index < -0.39 is 0 Å². The molecule has 17 heavy (non-hydrogen) atoms. The minimum absolute atomic E-state index is 0.0826. The number of aryl methyl sites for hydroxylation is 2. The van der Waals surface area contributed by atoms with E-state index in [9.17, 15) is 4.79 Å². The van der Waals surface area contributed by atoms with Crippen molar-refractivity contribution in [1.82, 2.24) is 15.5 Å². The molecule has 1 aromatic rings. The lowest BCUT2D eigenvalue weighted by Gasteiger charge is -2.19. The molecular formula is C12H18BrN3O. The molecule has 1 aromatic heterocycles. The number of hydrogen-bond donors (Lipinski definition) is 1. The first kappa shape index (κ1) is 14.1. The number of carbonyl (C=O) groups is 1. The molecule has 0 bridgehead atoms. The Morgan fingerprint density at radius 1 is 1.41 bits per heavy atom. The highest BCUT2D eigenvalue weighted by Gasteiger charge is 2.17. The summed E-state index contributed by atoms with van der Waals surface area (Å²) in [5, 5.41) is 11.7. The van der Waals surface area contributed by atoms with E-state index in [4.69, 9.17) is 0 Å². The predicted molar refractivity (Wildman–Crippen MR) is 71.4 cm³/mol. The summed E-state index contributed by atoms with van der Waals surface area (Å²) in [6.07, 6.45) is 0. The van der Waals surface area contributed by atoms with E-state index in [1.165, 1.54) is 0 Å². The van der Waals surface area contributed by atoms with Gasteiger partial charge in [0.05, 0.1) is 17.0 Å². The Balaban J connectivity index is 2.79. The Morgan fingerprint density at radius 2 is 2.06 bits per heavy atom. The van der Waals surface area contributed by atoms with Crippen LogP contribution in [0.1, 0.15) is 35.6 Å². The summed E-state index contributed by atoms with van der Waals surface area (Å²) in [5.41, 5.74) is 2.01. The summed E-state index contributed by atoms with van der Waals surface area (Å²) in [5.74, 6) is 0.302. The van der Waals surface area contributed by atoms with Gasteiger partial charge in [-0.05, 0) is 32.8 Å². The quantitative estimate of drug-likeness (QED) is 0.868. The van der Waals surface area contributed by atoms with Crippen molar-refractivity contribution in [3.05, 3.63) is 23.0 Å². The fourth-order valence-corrected chi connectivity index (χ4v) is 1.90. The number of alkyl halides is 1. The molecule has 0 saturated heterocycles. The first-order chi connectivity index (χ1) is 7.95. The molecule has 0 aliphatic carbocycles. The van der Waals surface area contributed by atoms with Crippen LogP contribution in [-0.4, -0.2) is 27.5 Å². The number of nitrogens with zero attached hydrogens (tertiary/aromatic N) is 2. The first-order valence-corrected chi connectivity index (χ1v) is 6.75. The van der Waals surface area contributed by atoms with E-state index in [0.29, 0.717) is 17.2 Å². The molecule has 0 saturated carbocycles. The van der Waals surface area contributed by atoms with Gasteiger partial charge in [0.2, 0.25) is 0 Å². The molecule has 2 unspecified atom stereocenters. The number of hydrogen-bond acceptors (Lipinski definition) is 3. The molecule has 0 spiro atoms. The Kier molecular flexibility index (Phi) is 5.05. The molecule has 5 heteroatoms. The van der Waals surface area contributed by atoms with Crippen molar-refractivity contribution in [3.63, 3.8) is 0 Å². The van der Waals surface area contributed by atoms with Crippen molar-refractivity contribution in [2.75, 3.05) is 5.33 Å². The van der Waals surface area contributed by atoms with Gasteiger partial charge in [-0.25, -0.2) is 0 Å². The van der Waals surface area contributed by atoms with Crippen molar-refractivity contribution >= 4 is 21.8 Å². The van der Waals surface area contributed by atoms with Gasteiger partial charge in [0.25, 0.3) is 5.91 Å². The van der Waals surface area contributed by atoms with Gasteiger partial charge in [0.1, 0.15) is 0 Å². The monoisotopic (exact) mass is 299 g/mol. The molecule has 1 heterocycles. The van der Waals surface area contributed by atoms with Crippen LogP contribution in [0.2, 0.25) is 0 Å². The number of halogens is 1. The van der Waals surface area contributed by atoms with Crippen LogP contribution in [0.25, 0.3) is 0 Å². The molecular weight excluding hydrogens is 282 g/mol. The van der Waals surface area contributed by atoms with Gasteiger partial charge in [-0.2, -0.15) is 10.2 Å². The van der Waals surface area contributed by atoms with Gasteiger partial charge in [-0.3, -0.25) is 4.79 Å². The molecule has 0 fully saturated rings. The maximum absolute atomic E-state index is 12.1. The molecule has 94 valence electrons. The van der Waals surface area contributed by atoms with Gasteiger partial charge in [0, 0.05) is 11.4 Å². The van der Waals surface area contributed by atoms with Crippen molar-refractivity contribution in [2.45, 2.75) is 33.7 Å². The molecule has 0 aliphatic rings. The molecule has 0 aromatic carbocycles. The van der Waals surface area contributed by atoms with E-state index in [1.807, 2.05) is 13.8 Å². The van der Waals surface area contributed by atoms with Crippen LogP contribution >= 0.6 is 15.9 Å². The average molecular weight is 300 g/mol. The lowest BCUT2D eigenvalue weighted by atomic mass is 10.1. The Bertz CT molecular complexity index is 409. The zero-order valence-electron chi connectivity index (χ0n) is 10.6. The Hall–Kier alpha value is -0.970. The third-order valence-electron chi connectivity index (χ3n) is 2.80. The number of amides is 1. The second-order valence-corrected chi connectivity index (χ2v) is 5.03.